The van der Waals surface area contributed by atoms with Crippen LogP contribution in [0, 0.1) is 11.8 Å². The first-order chi connectivity index (χ1) is 22.2. The highest BCUT2D eigenvalue weighted by molar-refractivity contribution is 5.48. The van der Waals surface area contributed by atoms with Crippen LogP contribution in [0.5, 0.6) is 0 Å². The van der Waals surface area contributed by atoms with Gasteiger partial charge in [-0.3, -0.25) is 0 Å². The van der Waals surface area contributed by atoms with Crippen LogP contribution < -0.4 is 28.7 Å². The van der Waals surface area contributed by atoms with Gasteiger partial charge in [-0.1, -0.05) is 101 Å². The number of rotatable bonds is 7. The van der Waals surface area contributed by atoms with E-state index >= 15 is 0 Å². The first kappa shape index (κ1) is 38.5. The summed E-state index contributed by atoms with van der Waals surface area (Å²) in [6.07, 6.45) is 24.5. The fraction of sp³-hybridized carbons (Fsp3) is 0.487. The van der Waals surface area contributed by atoms with E-state index in [1.165, 1.54) is 50.5 Å². The predicted molar refractivity (Wildman–Crippen MR) is 198 cm³/mol. The van der Waals surface area contributed by atoms with Gasteiger partial charge in [0, 0.05) is 29.5 Å². The molecule has 0 aromatic heterocycles. The second-order valence-corrected chi connectivity index (χ2v) is 12.4. The van der Waals surface area contributed by atoms with Crippen molar-refractivity contribution in [2.24, 2.45) is 23.3 Å². The maximum atomic E-state index is 6.28. The molecule has 1 saturated carbocycles. The summed E-state index contributed by atoms with van der Waals surface area (Å²) < 4.78 is 10.8. The molecule has 3 aliphatic carbocycles. The number of benzene rings is 2. The van der Waals surface area contributed by atoms with Crippen molar-refractivity contribution in [2.45, 2.75) is 97.2 Å². The van der Waals surface area contributed by atoms with E-state index in [9.17, 15) is 0 Å². The molecule has 4 aliphatic rings. The maximum absolute atomic E-state index is 6.28. The third-order valence-corrected chi connectivity index (χ3v) is 8.23. The smallest absolute Gasteiger partial charge is 0.142 e. The number of nitrogens with two attached hydrogens (primary N) is 5. The molecule has 1 saturated heterocycles. The fourth-order valence-electron chi connectivity index (χ4n) is 4.84. The molecule has 2 fully saturated rings. The molecule has 4 atom stereocenters. The Hall–Kier alpha value is -3.68. The summed E-state index contributed by atoms with van der Waals surface area (Å²) in [6.45, 7) is 8.06. The van der Waals surface area contributed by atoms with Crippen molar-refractivity contribution in [3.8, 4) is 0 Å². The predicted octanol–water partition coefficient (Wildman–Crippen LogP) is 8.26. The number of nitrogen functional groups attached to an aromatic ring is 3. The molecular formula is C39H61N5O2. The highest BCUT2D eigenvalue weighted by Crippen LogP contribution is 2.32. The minimum absolute atomic E-state index is 0.0495. The number of epoxide rings is 1. The third kappa shape index (κ3) is 17.1. The van der Waals surface area contributed by atoms with Crippen molar-refractivity contribution < 1.29 is 9.47 Å². The summed E-state index contributed by atoms with van der Waals surface area (Å²) >= 11 is 0. The zero-order valence-corrected chi connectivity index (χ0v) is 28.6. The molecule has 2 aromatic carbocycles. The van der Waals surface area contributed by atoms with Crippen LogP contribution in [0.1, 0.15) is 85.0 Å². The first-order valence-electron chi connectivity index (χ1n) is 17.2. The molecule has 254 valence electrons. The average molecular weight is 632 g/mol. The standard InChI is InChI=1S/C18H28N2O.C6H8N2.C6H7N.C6H12.C3H6O/c1-3-13(2)8-10-15(12-19)21-17-11-9-14-6-4-5-7-16(14)18(17)20;7-5-1-2-6(8)4-3-5;7-6-4-2-1-3-5-6;1-2-4-6-5-3-1;1-3-2-4-3/h4-5,7,9,11,13-15H,3,6,8,10,12,19-20H2,1-2H3;1-4H,7-8H2;1-5H,7H2;1-6H2;3H,2H2,1H3. The quantitative estimate of drug-likeness (QED) is 0.152. The minimum Gasteiger partial charge on any atom is -0.487 e. The van der Waals surface area contributed by atoms with Crippen molar-refractivity contribution >= 4 is 17.1 Å². The number of hydrogen-bond donors (Lipinski definition) is 5. The van der Waals surface area contributed by atoms with Gasteiger partial charge < -0.3 is 38.1 Å². The van der Waals surface area contributed by atoms with Crippen LogP contribution in [0.15, 0.2) is 102 Å². The van der Waals surface area contributed by atoms with E-state index in [0.29, 0.717) is 24.5 Å². The zero-order valence-electron chi connectivity index (χ0n) is 28.6. The molecular weight excluding hydrogens is 570 g/mol. The molecule has 0 amide bonds. The van der Waals surface area contributed by atoms with Gasteiger partial charge in [-0.2, -0.15) is 0 Å². The van der Waals surface area contributed by atoms with Gasteiger partial charge in [-0.15, -0.1) is 0 Å². The van der Waals surface area contributed by atoms with Crippen LogP contribution in [0.4, 0.5) is 17.1 Å². The fourth-order valence-corrected chi connectivity index (χ4v) is 4.84. The van der Waals surface area contributed by atoms with Crippen LogP contribution in [0.25, 0.3) is 0 Å². The Morgan fingerprint density at radius 1 is 0.826 bits per heavy atom. The molecule has 7 heteroatoms. The van der Waals surface area contributed by atoms with Gasteiger partial charge in [0.25, 0.3) is 0 Å². The van der Waals surface area contributed by atoms with Crippen molar-refractivity contribution in [3.05, 3.63) is 102 Å². The molecule has 1 heterocycles. The van der Waals surface area contributed by atoms with E-state index in [2.05, 4.69) is 45.1 Å². The Labute approximate surface area is 279 Å². The van der Waals surface area contributed by atoms with Gasteiger partial charge in [0.15, 0.2) is 0 Å². The van der Waals surface area contributed by atoms with Crippen molar-refractivity contribution in [1.29, 1.82) is 0 Å². The molecule has 6 rings (SSSR count). The van der Waals surface area contributed by atoms with E-state index in [1.807, 2.05) is 36.4 Å². The van der Waals surface area contributed by atoms with E-state index < -0.39 is 0 Å². The number of anilines is 3. The molecule has 10 N–H and O–H groups in total. The summed E-state index contributed by atoms with van der Waals surface area (Å²) in [5.74, 6) is 1.90. The second kappa shape index (κ2) is 22.8. The highest BCUT2D eigenvalue weighted by atomic mass is 16.6. The van der Waals surface area contributed by atoms with Crippen molar-refractivity contribution in [3.63, 3.8) is 0 Å². The lowest BCUT2D eigenvalue weighted by Gasteiger charge is -2.27. The number of fused-ring (bicyclic) bond motifs is 1. The third-order valence-electron chi connectivity index (χ3n) is 8.23. The van der Waals surface area contributed by atoms with E-state index in [0.717, 1.165) is 54.4 Å². The van der Waals surface area contributed by atoms with E-state index in [-0.39, 0.29) is 6.10 Å². The van der Waals surface area contributed by atoms with Gasteiger partial charge in [0.2, 0.25) is 0 Å². The van der Waals surface area contributed by atoms with Gasteiger partial charge in [-0.25, -0.2) is 0 Å². The van der Waals surface area contributed by atoms with Crippen molar-refractivity contribution in [1.82, 2.24) is 0 Å². The summed E-state index contributed by atoms with van der Waals surface area (Å²) in [5, 5.41) is 0. The lowest BCUT2D eigenvalue weighted by molar-refractivity contribution is 0.114. The Bertz CT molecular complexity index is 1170. The Kier molecular flexibility index (Phi) is 19.1. The molecule has 7 nitrogen and oxygen atoms in total. The molecule has 0 bridgehead atoms. The van der Waals surface area contributed by atoms with Crippen molar-refractivity contribution in [2.75, 3.05) is 30.4 Å². The van der Waals surface area contributed by atoms with Crippen LogP contribution in [-0.4, -0.2) is 25.4 Å². The lowest BCUT2D eigenvalue weighted by Crippen LogP contribution is -2.26. The second-order valence-electron chi connectivity index (χ2n) is 12.4. The monoisotopic (exact) mass is 631 g/mol. The Morgan fingerprint density at radius 3 is 1.78 bits per heavy atom. The van der Waals surface area contributed by atoms with Crippen LogP contribution in [-0.2, 0) is 9.47 Å². The Morgan fingerprint density at radius 2 is 1.35 bits per heavy atom. The van der Waals surface area contributed by atoms with E-state index in [4.69, 9.17) is 38.1 Å². The summed E-state index contributed by atoms with van der Waals surface area (Å²) in [7, 11) is 0. The van der Waals surface area contributed by atoms with Crippen LogP contribution in [0.2, 0.25) is 0 Å². The molecule has 0 spiro atoms. The molecule has 46 heavy (non-hydrogen) atoms. The van der Waals surface area contributed by atoms with Crippen LogP contribution in [0.3, 0.4) is 0 Å². The number of allylic oxidation sites excluding steroid dienone is 6. The number of para-hydroxylation sites is 1. The Balaban J connectivity index is 0.000000237. The normalized spacial score (nSPS) is 20.2. The number of ether oxygens (including phenoxy) is 2. The zero-order chi connectivity index (χ0) is 33.6. The minimum atomic E-state index is 0.0495. The lowest BCUT2D eigenvalue weighted by atomic mass is 9.85. The SMILES string of the molecule is C1CCCCC1.CC1CO1.CCC(C)CCC(CN)OC1=C(N)C2=CC=CCC2C=C1.Nc1ccc(N)cc1.Nc1ccccc1. The molecule has 1 aliphatic heterocycles. The van der Waals surface area contributed by atoms with Gasteiger partial charge in [0.05, 0.1) is 18.4 Å². The summed E-state index contributed by atoms with van der Waals surface area (Å²) in [6, 6.07) is 16.6. The van der Waals surface area contributed by atoms with E-state index in [1.54, 1.807) is 24.3 Å². The summed E-state index contributed by atoms with van der Waals surface area (Å²) in [4.78, 5) is 0. The summed E-state index contributed by atoms with van der Waals surface area (Å²) in [5.41, 5.74) is 32.5. The van der Waals surface area contributed by atoms with Gasteiger partial charge in [-0.05, 0) is 80.2 Å². The molecule has 0 radical (unpaired) electrons. The molecule has 2 aromatic rings. The van der Waals surface area contributed by atoms with Gasteiger partial charge in [0.1, 0.15) is 11.9 Å². The topological polar surface area (TPSA) is 152 Å². The van der Waals surface area contributed by atoms with Gasteiger partial charge >= 0.3 is 0 Å². The van der Waals surface area contributed by atoms with Crippen LogP contribution >= 0.6 is 0 Å². The number of hydrogen-bond acceptors (Lipinski definition) is 7. The molecule has 4 unspecified atom stereocenters. The largest absolute Gasteiger partial charge is 0.487 e. The highest BCUT2D eigenvalue weighted by Gasteiger charge is 2.23. The maximum Gasteiger partial charge on any atom is 0.142 e. The first-order valence-corrected chi connectivity index (χ1v) is 17.2. The average Bonchev–Trinajstić information content (AvgIpc) is 3.89.